The Balaban J connectivity index is 1.24. The van der Waals surface area contributed by atoms with E-state index in [2.05, 4.69) is 40.5 Å². The number of thiophene rings is 1. The number of benzene rings is 2. The van der Waals surface area contributed by atoms with Crippen molar-refractivity contribution >= 4 is 33.0 Å². The lowest BCUT2D eigenvalue weighted by Crippen LogP contribution is -2.48. The Labute approximate surface area is 163 Å². The van der Waals surface area contributed by atoms with Crippen LogP contribution in [0.2, 0.25) is 0 Å². The third-order valence-corrected chi connectivity index (χ3v) is 6.73. The van der Waals surface area contributed by atoms with E-state index in [0.29, 0.717) is 0 Å². The van der Waals surface area contributed by atoms with Crippen LogP contribution in [-0.2, 0) is 13.0 Å². The summed E-state index contributed by atoms with van der Waals surface area (Å²) in [7, 11) is 0. The number of piperazine rings is 1. The smallest absolute Gasteiger partial charge is 0.264 e. The van der Waals surface area contributed by atoms with Gasteiger partial charge in [-0.1, -0.05) is 36.4 Å². The monoisotopic (exact) mass is 377 g/mol. The highest BCUT2D eigenvalue weighted by Crippen LogP contribution is 2.29. The first kappa shape index (κ1) is 16.8. The summed E-state index contributed by atoms with van der Waals surface area (Å²) in [5, 5.41) is 4.69. The Hall–Kier alpha value is -2.37. The van der Waals surface area contributed by atoms with Crippen molar-refractivity contribution in [2.75, 3.05) is 38.0 Å². The Morgan fingerprint density at radius 1 is 1.04 bits per heavy atom. The minimum absolute atomic E-state index is 0.179. The minimum atomic E-state index is 0.179. The molecule has 5 rings (SSSR count). The standard InChI is InChI=1S/C22H23N3OS/c26-22(20-14-17-4-1-2-7-19(17)27-20)25-12-10-24(11-13-25)15-18-6-3-5-16-8-9-23-21(16)18/h1-7,14,23H,8-13,15H2. The molecule has 1 saturated heterocycles. The Kier molecular flexibility index (Phi) is 4.34. The highest BCUT2D eigenvalue weighted by atomic mass is 32.1. The molecule has 5 heteroatoms. The van der Waals surface area contributed by atoms with E-state index in [9.17, 15) is 4.79 Å². The van der Waals surface area contributed by atoms with Crippen molar-refractivity contribution in [3.63, 3.8) is 0 Å². The lowest BCUT2D eigenvalue weighted by molar-refractivity contribution is 0.0633. The molecule has 27 heavy (non-hydrogen) atoms. The first-order chi connectivity index (χ1) is 13.3. The average Bonchev–Trinajstić information content (AvgIpc) is 3.35. The fourth-order valence-corrected chi connectivity index (χ4v) is 5.17. The molecule has 0 bridgehead atoms. The van der Waals surface area contributed by atoms with Crippen molar-refractivity contribution in [2.45, 2.75) is 13.0 Å². The number of para-hydroxylation sites is 1. The molecule has 3 heterocycles. The van der Waals surface area contributed by atoms with Crippen LogP contribution in [0, 0.1) is 0 Å². The normalized spacial score (nSPS) is 17.1. The van der Waals surface area contributed by atoms with Gasteiger partial charge in [-0.2, -0.15) is 0 Å². The molecule has 138 valence electrons. The molecule has 3 aromatic rings. The first-order valence-electron chi connectivity index (χ1n) is 9.63. The highest BCUT2D eigenvalue weighted by molar-refractivity contribution is 7.20. The van der Waals surface area contributed by atoms with E-state index in [1.54, 1.807) is 11.3 Å². The molecule has 1 aromatic heterocycles. The zero-order chi connectivity index (χ0) is 18.2. The number of nitrogens with zero attached hydrogens (tertiary/aromatic N) is 2. The lowest BCUT2D eigenvalue weighted by Gasteiger charge is -2.34. The number of nitrogens with one attached hydrogen (secondary N) is 1. The molecule has 2 aliphatic rings. The molecule has 1 amide bonds. The molecular weight excluding hydrogens is 354 g/mol. The Morgan fingerprint density at radius 3 is 2.74 bits per heavy atom. The van der Waals surface area contributed by atoms with Gasteiger partial charge in [0.05, 0.1) is 4.88 Å². The van der Waals surface area contributed by atoms with E-state index in [-0.39, 0.29) is 5.91 Å². The van der Waals surface area contributed by atoms with Crippen LogP contribution in [0.3, 0.4) is 0 Å². The van der Waals surface area contributed by atoms with Crippen LogP contribution in [0.4, 0.5) is 5.69 Å². The van der Waals surface area contributed by atoms with Crippen molar-refractivity contribution in [1.82, 2.24) is 9.80 Å². The Bertz CT molecular complexity index is 955. The maximum atomic E-state index is 12.9. The van der Waals surface area contributed by atoms with E-state index >= 15 is 0 Å². The summed E-state index contributed by atoms with van der Waals surface area (Å²) in [6, 6.07) is 16.9. The highest BCUT2D eigenvalue weighted by Gasteiger charge is 2.24. The maximum absolute atomic E-state index is 12.9. The number of amides is 1. The van der Waals surface area contributed by atoms with E-state index in [0.717, 1.165) is 56.0 Å². The van der Waals surface area contributed by atoms with Gasteiger partial charge in [0.25, 0.3) is 5.91 Å². The van der Waals surface area contributed by atoms with E-state index in [4.69, 9.17) is 0 Å². The van der Waals surface area contributed by atoms with Crippen LogP contribution >= 0.6 is 11.3 Å². The van der Waals surface area contributed by atoms with E-state index in [1.165, 1.54) is 21.5 Å². The average molecular weight is 378 g/mol. The summed E-state index contributed by atoms with van der Waals surface area (Å²) in [6.45, 7) is 5.47. The van der Waals surface area contributed by atoms with Crippen LogP contribution in [-0.4, -0.2) is 48.4 Å². The van der Waals surface area contributed by atoms with Gasteiger partial charge in [-0.3, -0.25) is 9.69 Å². The predicted molar refractivity (Wildman–Crippen MR) is 112 cm³/mol. The van der Waals surface area contributed by atoms with Gasteiger partial charge >= 0.3 is 0 Å². The van der Waals surface area contributed by atoms with Crippen LogP contribution in [0.1, 0.15) is 20.8 Å². The fraction of sp³-hybridized carbons (Fsp3) is 0.318. The van der Waals surface area contributed by atoms with Crippen LogP contribution < -0.4 is 5.32 Å². The van der Waals surface area contributed by atoms with Crippen LogP contribution in [0.15, 0.2) is 48.5 Å². The number of carbonyl (C=O) groups excluding carboxylic acids is 1. The van der Waals surface area contributed by atoms with Gasteiger partial charge in [-0.15, -0.1) is 11.3 Å². The number of carbonyl (C=O) groups is 1. The summed E-state index contributed by atoms with van der Waals surface area (Å²) >= 11 is 1.60. The van der Waals surface area contributed by atoms with Gasteiger partial charge < -0.3 is 10.2 Å². The molecule has 0 spiro atoms. The van der Waals surface area contributed by atoms with Crippen molar-refractivity contribution in [3.8, 4) is 0 Å². The first-order valence-corrected chi connectivity index (χ1v) is 10.4. The van der Waals surface area contributed by atoms with Crippen LogP contribution in [0.5, 0.6) is 0 Å². The number of rotatable bonds is 3. The van der Waals surface area contributed by atoms with Gasteiger partial charge in [0.2, 0.25) is 0 Å². The number of fused-ring (bicyclic) bond motifs is 2. The van der Waals surface area contributed by atoms with E-state index in [1.807, 2.05) is 23.1 Å². The largest absolute Gasteiger partial charge is 0.384 e. The van der Waals surface area contributed by atoms with Crippen molar-refractivity contribution in [2.24, 2.45) is 0 Å². The van der Waals surface area contributed by atoms with Crippen molar-refractivity contribution in [1.29, 1.82) is 0 Å². The second-order valence-electron chi connectivity index (χ2n) is 7.34. The van der Waals surface area contributed by atoms with Crippen molar-refractivity contribution in [3.05, 3.63) is 64.5 Å². The molecule has 0 saturated carbocycles. The molecule has 2 aromatic carbocycles. The SMILES string of the molecule is O=C(c1cc2ccccc2s1)N1CCN(Cc2cccc3c2NCC3)CC1. The van der Waals surface area contributed by atoms with Crippen molar-refractivity contribution < 1.29 is 4.79 Å². The quantitative estimate of drug-likeness (QED) is 0.754. The second kappa shape index (κ2) is 6.98. The van der Waals surface area contributed by atoms with Gasteiger partial charge in [0.1, 0.15) is 0 Å². The zero-order valence-corrected chi connectivity index (χ0v) is 16.1. The van der Waals surface area contributed by atoms with Crippen LogP contribution in [0.25, 0.3) is 10.1 Å². The van der Waals surface area contributed by atoms with Gasteiger partial charge in [0.15, 0.2) is 0 Å². The molecule has 0 aliphatic carbocycles. The zero-order valence-electron chi connectivity index (χ0n) is 15.3. The van der Waals surface area contributed by atoms with Gasteiger partial charge in [0, 0.05) is 49.7 Å². The summed E-state index contributed by atoms with van der Waals surface area (Å²) in [4.78, 5) is 18.2. The molecule has 0 unspecified atom stereocenters. The summed E-state index contributed by atoms with van der Waals surface area (Å²) < 4.78 is 1.19. The lowest BCUT2D eigenvalue weighted by atomic mass is 10.1. The molecule has 1 N–H and O–H groups in total. The summed E-state index contributed by atoms with van der Waals surface area (Å²) in [5.74, 6) is 0.179. The minimum Gasteiger partial charge on any atom is -0.384 e. The summed E-state index contributed by atoms with van der Waals surface area (Å²) in [6.07, 6.45) is 1.13. The third kappa shape index (κ3) is 3.22. The predicted octanol–water partition coefficient (Wildman–Crippen LogP) is 3.83. The van der Waals surface area contributed by atoms with E-state index < -0.39 is 0 Å². The third-order valence-electron chi connectivity index (χ3n) is 5.62. The molecule has 1 fully saturated rings. The molecule has 0 radical (unpaired) electrons. The number of hydrogen-bond acceptors (Lipinski definition) is 4. The topological polar surface area (TPSA) is 35.6 Å². The fourth-order valence-electron chi connectivity index (χ4n) is 4.14. The number of hydrogen-bond donors (Lipinski definition) is 1. The summed E-state index contributed by atoms with van der Waals surface area (Å²) in [5.41, 5.74) is 4.15. The molecular formula is C22H23N3OS. The van der Waals surface area contributed by atoms with Gasteiger partial charge in [-0.25, -0.2) is 0 Å². The maximum Gasteiger partial charge on any atom is 0.264 e. The Morgan fingerprint density at radius 2 is 1.89 bits per heavy atom. The number of anilines is 1. The van der Waals surface area contributed by atoms with Gasteiger partial charge in [-0.05, 0) is 35.1 Å². The molecule has 2 aliphatic heterocycles. The second-order valence-corrected chi connectivity index (χ2v) is 8.43. The molecule has 0 atom stereocenters. The molecule has 4 nitrogen and oxygen atoms in total.